The predicted octanol–water partition coefficient (Wildman–Crippen LogP) is 1.84. The molecule has 0 amide bonds. The van der Waals surface area contributed by atoms with Gasteiger partial charge in [0.1, 0.15) is 0 Å². The molecule has 1 aliphatic heterocycles. The molecule has 1 fully saturated rings. The summed E-state index contributed by atoms with van der Waals surface area (Å²) in [6.45, 7) is 6.31. The van der Waals surface area contributed by atoms with Gasteiger partial charge in [0.25, 0.3) is 0 Å². The van der Waals surface area contributed by atoms with Crippen LogP contribution in [0.5, 0.6) is 0 Å². The minimum Gasteiger partial charge on any atom is -0.478 e. The van der Waals surface area contributed by atoms with E-state index >= 15 is 0 Å². The first-order valence-corrected chi connectivity index (χ1v) is 6.36. The fourth-order valence-electron chi connectivity index (χ4n) is 2.56. The number of hydrogen-bond acceptors (Lipinski definition) is 2. The van der Waals surface area contributed by atoms with Gasteiger partial charge in [-0.1, -0.05) is 6.92 Å². The quantitative estimate of drug-likeness (QED) is 0.848. The zero-order valence-corrected chi connectivity index (χ0v) is 10.4. The number of hydrogen-bond donors (Lipinski definition) is 1. The Bertz CT molecular complexity index is 392. The number of aromatic nitrogens is 1. The van der Waals surface area contributed by atoms with E-state index in [-0.39, 0.29) is 0 Å². The third-order valence-electron chi connectivity index (χ3n) is 3.50. The van der Waals surface area contributed by atoms with Crippen molar-refractivity contribution in [3.8, 4) is 0 Å². The average molecular weight is 236 g/mol. The lowest BCUT2D eigenvalue weighted by atomic mass is 10.2. The zero-order valence-electron chi connectivity index (χ0n) is 10.4. The SMILES string of the molecule is CCc1c(C(=O)O)ccn1CCN1CCCC1. The molecule has 1 aromatic rings. The Kier molecular flexibility index (Phi) is 3.84. The molecule has 94 valence electrons. The zero-order chi connectivity index (χ0) is 12.3. The van der Waals surface area contributed by atoms with Crippen LogP contribution in [0, 0.1) is 0 Å². The highest BCUT2D eigenvalue weighted by atomic mass is 16.4. The van der Waals surface area contributed by atoms with Gasteiger partial charge >= 0.3 is 5.97 Å². The summed E-state index contributed by atoms with van der Waals surface area (Å²) < 4.78 is 2.09. The summed E-state index contributed by atoms with van der Waals surface area (Å²) >= 11 is 0. The Morgan fingerprint density at radius 3 is 2.65 bits per heavy atom. The van der Waals surface area contributed by atoms with Crippen LogP contribution in [-0.4, -0.2) is 40.2 Å². The van der Waals surface area contributed by atoms with Gasteiger partial charge in [-0.15, -0.1) is 0 Å². The van der Waals surface area contributed by atoms with Crippen molar-refractivity contribution in [1.29, 1.82) is 0 Å². The first-order chi connectivity index (χ1) is 8.22. The molecular weight excluding hydrogens is 216 g/mol. The molecule has 2 heterocycles. The van der Waals surface area contributed by atoms with E-state index in [4.69, 9.17) is 5.11 Å². The normalized spacial score (nSPS) is 16.5. The van der Waals surface area contributed by atoms with Crippen molar-refractivity contribution in [2.75, 3.05) is 19.6 Å². The summed E-state index contributed by atoms with van der Waals surface area (Å²) in [5.41, 5.74) is 1.39. The van der Waals surface area contributed by atoms with Gasteiger partial charge in [-0.05, 0) is 38.4 Å². The number of aromatic carboxylic acids is 1. The van der Waals surface area contributed by atoms with Crippen molar-refractivity contribution in [1.82, 2.24) is 9.47 Å². The second kappa shape index (κ2) is 5.36. The number of likely N-dealkylation sites (tertiary alicyclic amines) is 1. The molecule has 0 unspecified atom stereocenters. The molecular formula is C13H20N2O2. The Hall–Kier alpha value is -1.29. The summed E-state index contributed by atoms with van der Waals surface area (Å²) in [4.78, 5) is 13.5. The predicted molar refractivity (Wildman–Crippen MR) is 66.4 cm³/mol. The fourth-order valence-corrected chi connectivity index (χ4v) is 2.56. The highest BCUT2D eigenvalue weighted by molar-refractivity contribution is 5.89. The number of carboxylic acids is 1. The number of nitrogens with zero attached hydrogens (tertiary/aromatic N) is 2. The van der Waals surface area contributed by atoms with Gasteiger partial charge in [-0.2, -0.15) is 0 Å². The lowest BCUT2D eigenvalue weighted by Crippen LogP contribution is -2.24. The first-order valence-electron chi connectivity index (χ1n) is 6.36. The minimum atomic E-state index is -0.818. The van der Waals surface area contributed by atoms with Crippen LogP contribution in [0.15, 0.2) is 12.3 Å². The molecule has 0 aromatic carbocycles. The largest absolute Gasteiger partial charge is 0.478 e. The maximum absolute atomic E-state index is 11.0. The van der Waals surface area contributed by atoms with Crippen molar-refractivity contribution >= 4 is 5.97 Å². The summed E-state index contributed by atoms with van der Waals surface area (Å²) in [6, 6.07) is 1.71. The van der Waals surface area contributed by atoms with Gasteiger partial charge < -0.3 is 14.6 Å². The Morgan fingerprint density at radius 2 is 2.06 bits per heavy atom. The molecule has 0 aliphatic carbocycles. The molecule has 17 heavy (non-hydrogen) atoms. The van der Waals surface area contributed by atoms with Gasteiger partial charge in [-0.3, -0.25) is 0 Å². The Balaban J connectivity index is 2.02. The van der Waals surface area contributed by atoms with Crippen LogP contribution in [0.4, 0.5) is 0 Å². The molecule has 4 nitrogen and oxygen atoms in total. The summed E-state index contributed by atoms with van der Waals surface area (Å²) in [6.07, 6.45) is 5.27. The van der Waals surface area contributed by atoms with Gasteiger partial charge in [0.05, 0.1) is 5.56 Å². The molecule has 0 spiro atoms. The smallest absolute Gasteiger partial charge is 0.337 e. The number of rotatable bonds is 5. The standard InChI is InChI=1S/C13H20N2O2/c1-2-12-11(13(16)17)5-8-15(12)10-9-14-6-3-4-7-14/h5,8H,2-4,6-7,9-10H2,1H3,(H,16,17). The van der Waals surface area contributed by atoms with Crippen LogP contribution in [0.2, 0.25) is 0 Å². The molecule has 1 aromatic heterocycles. The van der Waals surface area contributed by atoms with E-state index in [2.05, 4.69) is 9.47 Å². The number of carboxylic acid groups (broad SMARTS) is 1. The topological polar surface area (TPSA) is 45.5 Å². The van der Waals surface area contributed by atoms with Crippen LogP contribution >= 0.6 is 0 Å². The summed E-state index contributed by atoms with van der Waals surface area (Å²) in [7, 11) is 0. The molecule has 0 atom stereocenters. The average Bonchev–Trinajstić information content (AvgIpc) is 2.95. The second-order valence-electron chi connectivity index (χ2n) is 4.58. The maximum Gasteiger partial charge on any atom is 0.337 e. The van der Waals surface area contributed by atoms with Crippen molar-refractivity contribution in [3.05, 3.63) is 23.5 Å². The van der Waals surface area contributed by atoms with E-state index in [0.29, 0.717) is 5.56 Å². The van der Waals surface area contributed by atoms with Crippen LogP contribution < -0.4 is 0 Å². The molecule has 1 saturated heterocycles. The monoisotopic (exact) mass is 236 g/mol. The van der Waals surface area contributed by atoms with Gasteiger partial charge in [0.2, 0.25) is 0 Å². The van der Waals surface area contributed by atoms with E-state index in [1.165, 1.54) is 25.9 Å². The van der Waals surface area contributed by atoms with E-state index in [0.717, 1.165) is 25.2 Å². The van der Waals surface area contributed by atoms with E-state index < -0.39 is 5.97 Å². The molecule has 1 N–H and O–H groups in total. The molecule has 4 heteroatoms. The van der Waals surface area contributed by atoms with E-state index in [1.807, 2.05) is 13.1 Å². The van der Waals surface area contributed by atoms with Crippen molar-refractivity contribution in [2.24, 2.45) is 0 Å². The Morgan fingerprint density at radius 1 is 1.35 bits per heavy atom. The van der Waals surface area contributed by atoms with Gasteiger partial charge in [0.15, 0.2) is 0 Å². The lowest BCUT2D eigenvalue weighted by Gasteiger charge is -2.16. The van der Waals surface area contributed by atoms with Crippen molar-refractivity contribution in [3.63, 3.8) is 0 Å². The van der Waals surface area contributed by atoms with E-state index in [1.54, 1.807) is 6.07 Å². The molecule has 2 rings (SSSR count). The third kappa shape index (κ3) is 2.69. The highest BCUT2D eigenvalue weighted by Crippen LogP contribution is 2.13. The molecule has 0 saturated carbocycles. The molecule has 1 aliphatic rings. The van der Waals surface area contributed by atoms with Gasteiger partial charge in [0, 0.05) is 25.0 Å². The third-order valence-corrected chi connectivity index (χ3v) is 3.50. The Labute approximate surface area is 102 Å². The minimum absolute atomic E-state index is 0.453. The first kappa shape index (κ1) is 12.2. The van der Waals surface area contributed by atoms with Crippen LogP contribution in [0.3, 0.4) is 0 Å². The highest BCUT2D eigenvalue weighted by Gasteiger charge is 2.15. The van der Waals surface area contributed by atoms with Gasteiger partial charge in [-0.25, -0.2) is 4.79 Å². The van der Waals surface area contributed by atoms with Crippen LogP contribution in [0.1, 0.15) is 35.8 Å². The summed E-state index contributed by atoms with van der Waals surface area (Å²) in [5.74, 6) is -0.818. The molecule has 0 bridgehead atoms. The lowest BCUT2D eigenvalue weighted by molar-refractivity contribution is 0.0695. The van der Waals surface area contributed by atoms with E-state index in [9.17, 15) is 4.79 Å². The fraction of sp³-hybridized carbons (Fsp3) is 0.615. The molecule has 0 radical (unpaired) electrons. The van der Waals surface area contributed by atoms with Crippen LogP contribution in [-0.2, 0) is 13.0 Å². The summed E-state index contributed by atoms with van der Waals surface area (Å²) in [5, 5.41) is 9.07. The van der Waals surface area contributed by atoms with Crippen molar-refractivity contribution < 1.29 is 9.90 Å². The van der Waals surface area contributed by atoms with Crippen LogP contribution in [0.25, 0.3) is 0 Å². The number of carbonyl (C=O) groups is 1. The van der Waals surface area contributed by atoms with Crippen molar-refractivity contribution in [2.45, 2.75) is 32.7 Å². The second-order valence-corrected chi connectivity index (χ2v) is 4.58. The maximum atomic E-state index is 11.0.